The van der Waals surface area contributed by atoms with Gasteiger partial charge in [0.25, 0.3) is 0 Å². The van der Waals surface area contributed by atoms with Crippen molar-refractivity contribution in [1.29, 1.82) is 0 Å². The van der Waals surface area contributed by atoms with E-state index in [-0.39, 0.29) is 6.10 Å². The maximum Gasteiger partial charge on any atom is 0.138 e. The third-order valence-electron chi connectivity index (χ3n) is 0.948. The minimum Gasteiger partial charge on any atom is -0.489 e. The first-order valence-electron chi connectivity index (χ1n) is 3.27. The highest BCUT2D eigenvalue weighted by Crippen LogP contribution is 2.07. The largest absolute Gasteiger partial charge is 0.489 e. The Morgan fingerprint density at radius 1 is 1.60 bits per heavy atom. The molecule has 0 unspecified atom stereocenters. The quantitative estimate of drug-likeness (QED) is 0.617. The molecule has 0 aliphatic heterocycles. The third kappa shape index (κ3) is 2.05. The van der Waals surface area contributed by atoms with Gasteiger partial charge in [-0.3, -0.25) is 4.98 Å². The van der Waals surface area contributed by atoms with Gasteiger partial charge in [-0.25, -0.2) is 0 Å². The van der Waals surface area contributed by atoms with Crippen LogP contribution in [0.3, 0.4) is 0 Å². The van der Waals surface area contributed by atoms with Gasteiger partial charge in [-0.1, -0.05) is 0 Å². The fourth-order valence-electron chi connectivity index (χ4n) is 0.647. The van der Waals surface area contributed by atoms with Crippen LogP contribution in [0, 0.1) is 6.07 Å². The first kappa shape index (κ1) is 7.06. The lowest BCUT2D eigenvalue weighted by Gasteiger charge is -2.07. The molecule has 10 heavy (non-hydrogen) atoms. The van der Waals surface area contributed by atoms with Gasteiger partial charge in [-0.2, -0.15) is 0 Å². The SMILES string of the molecule is CC(C)Oc1c[c]cnc1. The number of rotatable bonds is 2. The van der Waals surface area contributed by atoms with E-state index in [9.17, 15) is 0 Å². The molecule has 2 heteroatoms. The molecule has 53 valence electrons. The Morgan fingerprint density at radius 2 is 2.40 bits per heavy atom. The lowest BCUT2D eigenvalue weighted by Crippen LogP contribution is -2.05. The van der Waals surface area contributed by atoms with Crippen molar-refractivity contribution in [3.63, 3.8) is 0 Å². The molecule has 1 aromatic rings. The lowest BCUT2D eigenvalue weighted by molar-refractivity contribution is 0.241. The van der Waals surface area contributed by atoms with Gasteiger partial charge in [0.15, 0.2) is 0 Å². The van der Waals surface area contributed by atoms with E-state index in [1.165, 1.54) is 0 Å². The summed E-state index contributed by atoms with van der Waals surface area (Å²) < 4.78 is 5.32. The summed E-state index contributed by atoms with van der Waals surface area (Å²) in [5, 5.41) is 0. The smallest absolute Gasteiger partial charge is 0.138 e. The topological polar surface area (TPSA) is 22.1 Å². The van der Waals surface area contributed by atoms with Crippen molar-refractivity contribution in [1.82, 2.24) is 4.98 Å². The second-order valence-electron chi connectivity index (χ2n) is 2.29. The summed E-state index contributed by atoms with van der Waals surface area (Å²) in [6, 6.07) is 4.60. The van der Waals surface area contributed by atoms with Gasteiger partial charge < -0.3 is 4.74 Å². The minimum absolute atomic E-state index is 0.206. The maximum atomic E-state index is 5.32. The van der Waals surface area contributed by atoms with Crippen LogP contribution in [0.4, 0.5) is 0 Å². The first-order chi connectivity index (χ1) is 4.79. The fourth-order valence-corrected chi connectivity index (χ4v) is 0.647. The number of nitrogens with zero attached hydrogens (tertiary/aromatic N) is 1. The monoisotopic (exact) mass is 136 g/mol. The molecule has 1 radical (unpaired) electrons. The fraction of sp³-hybridized carbons (Fsp3) is 0.375. The van der Waals surface area contributed by atoms with Crippen LogP contribution in [0.1, 0.15) is 13.8 Å². The normalized spacial score (nSPS) is 9.90. The summed E-state index contributed by atoms with van der Waals surface area (Å²) >= 11 is 0. The van der Waals surface area contributed by atoms with E-state index < -0.39 is 0 Å². The van der Waals surface area contributed by atoms with E-state index in [1.807, 2.05) is 13.8 Å². The van der Waals surface area contributed by atoms with Gasteiger partial charge in [0, 0.05) is 12.3 Å². The second-order valence-corrected chi connectivity index (χ2v) is 2.29. The van der Waals surface area contributed by atoms with Crippen LogP contribution >= 0.6 is 0 Å². The van der Waals surface area contributed by atoms with Gasteiger partial charge >= 0.3 is 0 Å². The van der Waals surface area contributed by atoms with Crippen LogP contribution in [0.5, 0.6) is 5.75 Å². The van der Waals surface area contributed by atoms with Crippen LogP contribution in [0.2, 0.25) is 0 Å². The van der Waals surface area contributed by atoms with Crippen molar-refractivity contribution < 1.29 is 4.74 Å². The molecule has 0 aromatic carbocycles. The maximum absolute atomic E-state index is 5.32. The molecule has 1 rings (SSSR count). The van der Waals surface area contributed by atoms with Crippen molar-refractivity contribution in [3.05, 3.63) is 24.5 Å². The summed E-state index contributed by atoms with van der Waals surface area (Å²) in [5.74, 6) is 0.775. The van der Waals surface area contributed by atoms with Gasteiger partial charge in [0.05, 0.1) is 12.3 Å². The summed E-state index contributed by atoms with van der Waals surface area (Å²) in [4.78, 5) is 3.86. The van der Waals surface area contributed by atoms with E-state index in [4.69, 9.17) is 4.74 Å². The molecule has 1 aromatic heterocycles. The number of pyridine rings is 1. The number of hydrogen-bond donors (Lipinski definition) is 0. The number of ether oxygens (including phenoxy) is 1. The Bertz CT molecular complexity index is 184. The molecule has 0 aliphatic carbocycles. The van der Waals surface area contributed by atoms with Crippen molar-refractivity contribution in [2.75, 3.05) is 0 Å². The van der Waals surface area contributed by atoms with Crippen LogP contribution in [-0.2, 0) is 0 Å². The summed E-state index contributed by atoms with van der Waals surface area (Å²) in [7, 11) is 0. The van der Waals surface area contributed by atoms with Gasteiger partial charge in [0.1, 0.15) is 5.75 Å². The van der Waals surface area contributed by atoms with Crippen molar-refractivity contribution in [3.8, 4) is 5.75 Å². The van der Waals surface area contributed by atoms with E-state index in [0.29, 0.717) is 0 Å². The molecular formula is C8H10NO. The molecule has 0 saturated carbocycles. The molecule has 0 bridgehead atoms. The molecule has 0 fully saturated rings. The average molecular weight is 136 g/mol. The van der Waals surface area contributed by atoms with Crippen molar-refractivity contribution in [2.45, 2.75) is 20.0 Å². The molecular weight excluding hydrogens is 126 g/mol. The molecule has 0 amide bonds. The summed E-state index contributed by atoms with van der Waals surface area (Å²) in [6.45, 7) is 3.96. The average Bonchev–Trinajstić information content (AvgIpc) is 1.88. The van der Waals surface area contributed by atoms with Crippen LogP contribution in [0.25, 0.3) is 0 Å². The summed E-state index contributed by atoms with van der Waals surface area (Å²) in [5.41, 5.74) is 0. The highest BCUT2D eigenvalue weighted by Gasteiger charge is 1.93. The number of hydrogen-bond acceptors (Lipinski definition) is 2. The molecule has 0 saturated heterocycles. The molecule has 0 aliphatic rings. The van der Waals surface area contributed by atoms with E-state index in [0.717, 1.165) is 5.75 Å². The van der Waals surface area contributed by atoms with Crippen LogP contribution < -0.4 is 4.74 Å². The predicted molar refractivity (Wildman–Crippen MR) is 38.8 cm³/mol. The highest BCUT2D eigenvalue weighted by atomic mass is 16.5. The predicted octanol–water partition coefficient (Wildman–Crippen LogP) is 1.67. The van der Waals surface area contributed by atoms with Crippen LogP contribution in [-0.4, -0.2) is 11.1 Å². The molecule has 0 atom stereocenters. The number of aromatic nitrogens is 1. The Balaban J connectivity index is 2.59. The molecule has 0 spiro atoms. The van der Waals surface area contributed by atoms with E-state index >= 15 is 0 Å². The van der Waals surface area contributed by atoms with Gasteiger partial charge in [-0.05, 0) is 19.9 Å². The van der Waals surface area contributed by atoms with Crippen LogP contribution in [0.15, 0.2) is 18.5 Å². The third-order valence-corrected chi connectivity index (χ3v) is 0.948. The first-order valence-corrected chi connectivity index (χ1v) is 3.27. The molecule has 0 N–H and O–H groups in total. The zero-order chi connectivity index (χ0) is 7.40. The Labute approximate surface area is 60.9 Å². The lowest BCUT2D eigenvalue weighted by atomic mass is 10.4. The highest BCUT2D eigenvalue weighted by molar-refractivity contribution is 5.14. The second kappa shape index (κ2) is 3.20. The van der Waals surface area contributed by atoms with Crippen molar-refractivity contribution >= 4 is 0 Å². The minimum atomic E-state index is 0.206. The Hall–Kier alpha value is -1.05. The van der Waals surface area contributed by atoms with E-state index in [1.54, 1.807) is 18.5 Å². The summed E-state index contributed by atoms with van der Waals surface area (Å²) in [6.07, 6.45) is 3.49. The Kier molecular flexibility index (Phi) is 2.26. The van der Waals surface area contributed by atoms with Crippen molar-refractivity contribution in [2.24, 2.45) is 0 Å². The molecule has 2 nitrogen and oxygen atoms in total. The van der Waals surface area contributed by atoms with Gasteiger partial charge in [-0.15, -0.1) is 0 Å². The standard InChI is InChI=1S/C8H10NO/c1-7(2)10-8-4-3-5-9-6-8/h4-7H,1-2H3. The Morgan fingerprint density at radius 3 is 2.90 bits per heavy atom. The van der Waals surface area contributed by atoms with E-state index in [2.05, 4.69) is 11.1 Å². The molecule has 1 heterocycles. The zero-order valence-electron chi connectivity index (χ0n) is 6.16. The van der Waals surface area contributed by atoms with Gasteiger partial charge in [0.2, 0.25) is 0 Å². The zero-order valence-corrected chi connectivity index (χ0v) is 6.16.